The van der Waals surface area contributed by atoms with E-state index in [9.17, 15) is 18.0 Å². The lowest BCUT2D eigenvalue weighted by atomic mass is 10.2. The van der Waals surface area contributed by atoms with Crippen molar-refractivity contribution in [2.24, 2.45) is 0 Å². The van der Waals surface area contributed by atoms with Crippen molar-refractivity contribution in [1.82, 2.24) is 4.90 Å². The van der Waals surface area contributed by atoms with Gasteiger partial charge in [-0.05, 0) is 18.6 Å². The molecular formula is C14H17NO5S. The number of hydrogen-bond donors (Lipinski definition) is 0. The highest BCUT2D eigenvalue weighted by atomic mass is 32.2. The van der Waals surface area contributed by atoms with Crippen LogP contribution in [0.3, 0.4) is 0 Å². The van der Waals surface area contributed by atoms with Crippen LogP contribution >= 0.6 is 0 Å². The molecule has 1 heterocycles. The Bertz CT molecular complexity index is 626. The largest absolute Gasteiger partial charge is 0.452 e. The van der Waals surface area contributed by atoms with E-state index in [0.29, 0.717) is 12.0 Å². The first-order valence-corrected chi connectivity index (χ1v) is 8.39. The van der Waals surface area contributed by atoms with E-state index in [1.54, 1.807) is 30.3 Å². The maximum atomic E-state index is 11.9. The first kappa shape index (κ1) is 15.5. The molecule has 0 saturated carbocycles. The minimum Gasteiger partial charge on any atom is -0.452 e. The van der Waals surface area contributed by atoms with E-state index < -0.39 is 21.7 Å². The molecule has 1 aliphatic rings. The van der Waals surface area contributed by atoms with Crippen LogP contribution in [0.15, 0.2) is 30.3 Å². The fraction of sp³-hybridized carbons (Fsp3) is 0.429. The number of hydrogen-bond acceptors (Lipinski definition) is 5. The maximum Gasteiger partial charge on any atom is 0.338 e. The Kier molecular flexibility index (Phi) is 4.62. The number of benzene rings is 1. The summed E-state index contributed by atoms with van der Waals surface area (Å²) in [5, 5.41) is 0. The van der Waals surface area contributed by atoms with Crippen LogP contribution in [0.1, 0.15) is 16.8 Å². The average Bonchev–Trinajstić information content (AvgIpc) is 2.84. The molecule has 0 bridgehead atoms. The van der Waals surface area contributed by atoms with Gasteiger partial charge in [-0.3, -0.25) is 4.79 Å². The number of sulfone groups is 1. The summed E-state index contributed by atoms with van der Waals surface area (Å²) in [6, 6.07) is 8.04. The normalized spacial score (nSPS) is 20.0. The van der Waals surface area contributed by atoms with Crippen LogP contribution in [0.5, 0.6) is 0 Å². The predicted molar refractivity (Wildman–Crippen MR) is 76.6 cm³/mol. The van der Waals surface area contributed by atoms with Crippen LogP contribution in [-0.4, -0.2) is 56.4 Å². The second kappa shape index (κ2) is 6.26. The van der Waals surface area contributed by atoms with E-state index in [2.05, 4.69) is 0 Å². The summed E-state index contributed by atoms with van der Waals surface area (Å²) in [4.78, 5) is 25.0. The predicted octanol–water partition coefficient (Wildman–Crippen LogP) is 0.489. The van der Waals surface area contributed by atoms with Gasteiger partial charge in [0.05, 0.1) is 17.1 Å². The number of rotatable bonds is 4. The first-order valence-electron chi connectivity index (χ1n) is 6.57. The Labute approximate surface area is 123 Å². The van der Waals surface area contributed by atoms with Gasteiger partial charge in [0, 0.05) is 13.1 Å². The summed E-state index contributed by atoms with van der Waals surface area (Å²) >= 11 is 0. The number of esters is 1. The van der Waals surface area contributed by atoms with Gasteiger partial charge in [0.1, 0.15) is 0 Å². The van der Waals surface area contributed by atoms with E-state index in [4.69, 9.17) is 4.74 Å². The summed E-state index contributed by atoms with van der Waals surface area (Å²) < 4.78 is 27.7. The van der Waals surface area contributed by atoms with Gasteiger partial charge in [0.25, 0.3) is 5.91 Å². The van der Waals surface area contributed by atoms with E-state index in [1.807, 2.05) is 0 Å². The van der Waals surface area contributed by atoms with Crippen LogP contribution in [0, 0.1) is 0 Å². The molecule has 1 saturated heterocycles. The Balaban J connectivity index is 1.86. The van der Waals surface area contributed by atoms with Crippen LogP contribution in [0.25, 0.3) is 0 Å². The molecule has 7 heteroatoms. The summed E-state index contributed by atoms with van der Waals surface area (Å²) in [5.41, 5.74) is 0.372. The van der Waals surface area contributed by atoms with Gasteiger partial charge >= 0.3 is 5.97 Å². The lowest BCUT2D eigenvalue weighted by molar-refractivity contribution is -0.134. The zero-order valence-corrected chi connectivity index (χ0v) is 12.5. The highest BCUT2D eigenvalue weighted by Crippen LogP contribution is 2.16. The summed E-state index contributed by atoms with van der Waals surface area (Å²) in [6.07, 6.45) is 0.428. The molecule has 114 valence electrons. The van der Waals surface area contributed by atoms with Gasteiger partial charge in [-0.25, -0.2) is 13.2 Å². The summed E-state index contributed by atoms with van der Waals surface area (Å²) in [7, 11) is -1.52. The smallest absolute Gasteiger partial charge is 0.338 e. The molecule has 0 radical (unpaired) electrons. The maximum absolute atomic E-state index is 11.9. The molecular weight excluding hydrogens is 294 g/mol. The third-order valence-corrected chi connectivity index (χ3v) is 5.24. The van der Waals surface area contributed by atoms with E-state index in [1.165, 1.54) is 11.9 Å². The topological polar surface area (TPSA) is 80.8 Å². The van der Waals surface area contributed by atoms with Crippen LogP contribution in [0.4, 0.5) is 0 Å². The standard InChI is InChI=1S/C14H17NO5S/c1-15(12-7-8-21(18,19)10-12)13(16)9-20-14(17)11-5-3-2-4-6-11/h2-6,12H,7-10H2,1H3/t12-/m1/s1. The van der Waals surface area contributed by atoms with E-state index in [0.717, 1.165) is 0 Å². The molecule has 1 fully saturated rings. The van der Waals surface area contributed by atoms with Gasteiger partial charge in [0.2, 0.25) is 0 Å². The number of amides is 1. The molecule has 0 spiro atoms. The van der Waals surface area contributed by atoms with Gasteiger partial charge in [-0.15, -0.1) is 0 Å². The van der Waals surface area contributed by atoms with Gasteiger partial charge in [0.15, 0.2) is 16.4 Å². The molecule has 1 aromatic carbocycles. The number of ether oxygens (including phenoxy) is 1. The number of carbonyl (C=O) groups excluding carboxylic acids is 2. The van der Waals surface area contributed by atoms with Crippen molar-refractivity contribution in [3.05, 3.63) is 35.9 Å². The van der Waals surface area contributed by atoms with Gasteiger partial charge < -0.3 is 9.64 Å². The molecule has 6 nitrogen and oxygen atoms in total. The van der Waals surface area contributed by atoms with Crippen molar-refractivity contribution in [3.63, 3.8) is 0 Å². The molecule has 1 aliphatic heterocycles. The zero-order valence-electron chi connectivity index (χ0n) is 11.7. The number of likely N-dealkylation sites (N-methyl/N-ethyl adjacent to an activating group) is 1. The molecule has 1 atom stereocenters. The van der Waals surface area contributed by atoms with Crippen molar-refractivity contribution in [3.8, 4) is 0 Å². The van der Waals surface area contributed by atoms with Gasteiger partial charge in [-0.1, -0.05) is 18.2 Å². The van der Waals surface area contributed by atoms with Crippen molar-refractivity contribution >= 4 is 21.7 Å². The quantitative estimate of drug-likeness (QED) is 0.756. The number of nitrogens with zero attached hydrogens (tertiary/aromatic N) is 1. The highest BCUT2D eigenvalue weighted by molar-refractivity contribution is 7.91. The van der Waals surface area contributed by atoms with Crippen molar-refractivity contribution < 1.29 is 22.7 Å². The third kappa shape index (κ3) is 4.04. The summed E-state index contributed by atoms with van der Waals surface area (Å²) in [5.74, 6) is -0.904. The van der Waals surface area contributed by atoms with Crippen molar-refractivity contribution in [2.45, 2.75) is 12.5 Å². The third-order valence-electron chi connectivity index (χ3n) is 3.49. The Hall–Kier alpha value is -1.89. The summed E-state index contributed by atoms with van der Waals surface area (Å²) in [6.45, 7) is -0.388. The molecule has 0 aromatic heterocycles. The highest BCUT2D eigenvalue weighted by Gasteiger charge is 2.32. The first-order chi connectivity index (χ1) is 9.89. The second-order valence-corrected chi connectivity index (χ2v) is 7.23. The Morgan fingerprint density at radius 2 is 1.95 bits per heavy atom. The van der Waals surface area contributed by atoms with Crippen LogP contribution in [-0.2, 0) is 19.4 Å². The van der Waals surface area contributed by atoms with Crippen LogP contribution < -0.4 is 0 Å². The van der Waals surface area contributed by atoms with E-state index >= 15 is 0 Å². The zero-order chi connectivity index (χ0) is 15.5. The number of carbonyl (C=O) groups is 2. The molecule has 0 N–H and O–H groups in total. The lowest BCUT2D eigenvalue weighted by Crippen LogP contribution is -2.40. The minimum absolute atomic E-state index is 0.0259. The Morgan fingerprint density at radius 1 is 1.29 bits per heavy atom. The fourth-order valence-electron chi connectivity index (χ4n) is 2.17. The molecule has 1 amide bonds. The molecule has 1 aromatic rings. The molecule has 2 rings (SSSR count). The van der Waals surface area contributed by atoms with Crippen molar-refractivity contribution in [1.29, 1.82) is 0 Å². The minimum atomic E-state index is -3.05. The average molecular weight is 311 g/mol. The fourth-order valence-corrected chi connectivity index (χ4v) is 3.95. The van der Waals surface area contributed by atoms with Crippen LogP contribution in [0.2, 0.25) is 0 Å². The van der Waals surface area contributed by atoms with Gasteiger partial charge in [-0.2, -0.15) is 0 Å². The molecule has 0 unspecified atom stereocenters. The van der Waals surface area contributed by atoms with E-state index in [-0.39, 0.29) is 24.2 Å². The Morgan fingerprint density at radius 3 is 2.52 bits per heavy atom. The monoisotopic (exact) mass is 311 g/mol. The second-order valence-electron chi connectivity index (χ2n) is 5.00. The molecule has 0 aliphatic carbocycles. The molecule has 21 heavy (non-hydrogen) atoms. The lowest BCUT2D eigenvalue weighted by Gasteiger charge is -2.23. The van der Waals surface area contributed by atoms with Crippen molar-refractivity contribution in [2.75, 3.05) is 25.2 Å². The SMILES string of the molecule is CN(C(=O)COC(=O)c1ccccc1)[C@@H]1CCS(=O)(=O)C1.